The molecule has 0 radical (unpaired) electrons. The molecule has 7 heavy (non-hydrogen) atoms. The van der Waals surface area contributed by atoms with Gasteiger partial charge in [0.25, 0.3) is 0 Å². The summed E-state index contributed by atoms with van der Waals surface area (Å²) >= 11 is 0. The molecule has 0 spiro atoms. The van der Waals surface area contributed by atoms with Gasteiger partial charge in [-0.3, -0.25) is 4.99 Å². The monoisotopic (exact) mass is 99.1 g/mol. The van der Waals surface area contributed by atoms with Gasteiger partial charge in [-0.05, 0) is 6.08 Å². The lowest BCUT2D eigenvalue weighted by Crippen LogP contribution is -1.65. The molecule has 0 saturated heterocycles. The Balaban J connectivity index is 3.09. The Morgan fingerprint density at radius 2 is 2.29 bits per heavy atom. The van der Waals surface area contributed by atoms with Gasteiger partial charge in [0, 0.05) is 13.3 Å². The molecule has 0 unspecified atom stereocenters. The number of aliphatic imine (C=N–C) groups is 1. The minimum atomic E-state index is 1.56. The Morgan fingerprint density at radius 1 is 1.57 bits per heavy atom. The molecule has 0 aliphatic heterocycles. The van der Waals surface area contributed by atoms with Gasteiger partial charge in [-0.15, -0.1) is 0 Å². The molecule has 0 aromatic heterocycles. The third-order valence-electron chi connectivity index (χ3n) is 0.450. The summed E-state index contributed by atoms with van der Waals surface area (Å²) in [6.45, 7) is 0. The highest BCUT2D eigenvalue weighted by molar-refractivity contribution is 5.70. The van der Waals surface area contributed by atoms with Crippen LogP contribution in [0.15, 0.2) is 17.3 Å². The predicted octanol–water partition coefficient (Wildman–Crippen LogP) is 0.847. The highest BCUT2D eigenvalue weighted by Crippen LogP contribution is 1.65. The van der Waals surface area contributed by atoms with Gasteiger partial charge in [0.2, 0.25) is 0 Å². The van der Waals surface area contributed by atoms with Crippen LogP contribution >= 0.6 is 0 Å². The Bertz CT molecular complexity index is 76.1. The molecule has 40 valence electrons. The van der Waals surface area contributed by atoms with Crippen molar-refractivity contribution in [3.8, 4) is 0 Å². The lowest BCUT2D eigenvalue weighted by molar-refractivity contribution is 0.338. The summed E-state index contributed by atoms with van der Waals surface area (Å²) in [7, 11) is 3.31. The van der Waals surface area contributed by atoms with Crippen molar-refractivity contribution in [2.75, 3.05) is 14.2 Å². The van der Waals surface area contributed by atoms with Crippen LogP contribution in [0.5, 0.6) is 0 Å². The highest BCUT2D eigenvalue weighted by Gasteiger charge is 1.56. The Morgan fingerprint density at radius 3 is 2.71 bits per heavy atom. The molecular weight excluding hydrogens is 90.1 g/mol. The molecule has 0 heterocycles. The molecule has 0 aliphatic rings. The second-order valence-corrected chi connectivity index (χ2v) is 0.972. The standard InChI is InChI=1S/C5H9NO/c1-6-4-3-5-7-2/h3-5H,1-2H3/b5-3-,6-4-. The SMILES string of the molecule is C/N=C\C=C/OC. The van der Waals surface area contributed by atoms with E-state index in [1.165, 1.54) is 0 Å². The third kappa shape index (κ3) is 5.21. The number of methoxy groups -OCH3 is 1. The van der Waals surface area contributed by atoms with Crippen LogP contribution in [0.1, 0.15) is 0 Å². The van der Waals surface area contributed by atoms with Gasteiger partial charge in [-0.1, -0.05) is 0 Å². The van der Waals surface area contributed by atoms with Crippen LogP contribution in [-0.2, 0) is 4.74 Å². The van der Waals surface area contributed by atoms with Crippen molar-refractivity contribution in [2.45, 2.75) is 0 Å². The summed E-state index contributed by atoms with van der Waals surface area (Å²) in [5.74, 6) is 0. The zero-order valence-electron chi connectivity index (χ0n) is 4.59. The van der Waals surface area contributed by atoms with Crippen molar-refractivity contribution in [1.82, 2.24) is 0 Å². The first-order chi connectivity index (χ1) is 3.41. The van der Waals surface area contributed by atoms with Crippen LogP contribution < -0.4 is 0 Å². The topological polar surface area (TPSA) is 21.6 Å². The lowest BCUT2D eigenvalue weighted by atomic mass is 10.7. The smallest absolute Gasteiger partial charge is 0.0839 e. The number of hydrogen-bond acceptors (Lipinski definition) is 2. The zero-order chi connectivity index (χ0) is 5.54. The molecule has 2 heteroatoms. The van der Waals surface area contributed by atoms with Crippen molar-refractivity contribution in [1.29, 1.82) is 0 Å². The minimum absolute atomic E-state index is 1.56. The summed E-state index contributed by atoms with van der Waals surface area (Å²) in [6.07, 6.45) is 4.94. The highest BCUT2D eigenvalue weighted by atomic mass is 16.5. The van der Waals surface area contributed by atoms with Crippen molar-refractivity contribution in [3.05, 3.63) is 12.3 Å². The van der Waals surface area contributed by atoms with Crippen LogP contribution in [0, 0.1) is 0 Å². The van der Waals surface area contributed by atoms with E-state index in [4.69, 9.17) is 0 Å². The van der Waals surface area contributed by atoms with Crippen LogP contribution in [0.3, 0.4) is 0 Å². The fourth-order valence-corrected chi connectivity index (χ4v) is 0.200. The first-order valence-corrected chi connectivity index (χ1v) is 2.02. The number of ether oxygens (including phenoxy) is 1. The number of rotatable bonds is 2. The summed E-state index contributed by atoms with van der Waals surface area (Å²) < 4.78 is 4.57. The Kier molecular flexibility index (Phi) is 4.62. The van der Waals surface area contributed by atoms with Crippen LogP contribution in [0.2, 0.25) is 0 Å². The summed E-state index contributed by atoms with van der Waals surface area (Å²) in [5, 5.41) is 0. The zero-order valence-corrected chi connectivity index (χ0v) is 4.59. The second kappa shape index (κ2) is 5.21. The number of allylic oxidation sites excluding steroid dienone is 1. The maximum atomic E-state index is 4.57. The molecule has 0 bridgehead atoms. The Hall–Kier alpha value is -0.790. The molecule has 0 fully saturated rings. The van der Waals surface area contributed by atoms with Gasteiger partial charge in [0.05, 0.1) is 13.4 Å². The largest absolute Gasteiger partial charge is 0.504 e. The third-order valence-corrected chi connectivity index (χ3v) is 0.450. The lowest BCUT2D eigenvalue weighted by Gasteiger charge is -1.78. The molecule has 0 rings (SSSR count). The maximum absolute atomic E-state index is 4.57. The van der Waals surface area contributed by atoms with Gasteiger partial charge in [-0.25, -0.2) is 0 Å². The fourth-order valence-electron chi connectivity index (χ4n) is 0.200. The van der Waals surface area contributed by atoms with Gasteiger partial charge < -0.3 is 4.74 Å². The maximum Gasteiger partial charge on any atom is 0.0839 e. The van der Waals surface area contributed by atoms with Gasteiger partial charge in [0.1, 0.15) is 0 Å². The van der Waals surface area contributed by atoms with E-state index in [0.29, 0.717) is 0 Å². The summed E-state index contributed by atoms with van der Waals surface area (Å²) in [4.78, 5) is 3.68. The summed E-state index contributed by atoms with van der Waals surface area (Å²) in [5.41, 5.74) is 0. The molecule has 0 aromatic rings. The van der Waals surface area contributed by atoms with E-state index in [2.05, 4.69) is 9.73 Å². The number of nitrogens with zero attached hydrogens (tertiary/aromatic N) is 1. The van der Waals surface area contributed by atoms with E-state index in [1.807, 2.05) is 0 Å². The van der Waals surface area contributed by atoms with Crippen molar-refractivity contribution >= 4 is 6.21 Å². The normalized spacial score (nSPS) is 11.1. The van der Waals surface area contributed by atoms with Gasteiger partial charge in [-0.2, -0.15) is 0 Å². The first kappa shape index (κ1) is 6.21. The Labute approximate surface area is 43.5 Å². The average Bonchev–Trinajstić information content (AvgIpc) is 1.69. The molecule has 0 aliphatic carbocycles. The molecule has 0 amide bonds. The minimum Gasteiger partial charge on any atom is -0.504 e. The predicted molar refractivity (Wildman–Crippen MR) is 30.6 cm³/mol. The van der Waals surface area contributed by atoms with E-state index < -0.39 is 0 Å². The van der Waals surface area contributed by atoms with E-state index in [0.717, 1.165) is 0 Å². The van der Waals surface area contributed by atoms with Gasteiger partial charge in [0.15, 0.2) is 0 Å². The van der Waals surface area contributed by atoms with E-state index in [-0.39, 0.29) is 0 Å². The average molecular weight is 99.1 g/mol. The summed E-state index contributed by atoms with van der Waals surface area (Å²) in [6, 6.07) is 0. The van der Waals surface area contributed by atoms with E-state index in [1.54, 1.807) is 32.7 Å². The molecule has 0 aromatic carbocycles. The van der Waals surface area contributed by atoms with Crippen LogP contribution in [-0.4, -0.2) is 20.4 Å². The first-order valence-electron chi connectivity index (χ1n) is 2.02. The van der Waals surface area contributed by atoms with Crippen LogP contribution in [0.4, 0.5) is 0 Å². The molecule has 2 nitrogen and oxygen atoms in total. The van der Waals surface area contributed by atoms with Crippen LogP contribution in [0.25, 0.3) is 0 Å². The van der Waals surface area contributed by atoms with Gasteiger partial charge >= 0.3 is 0 Å². The molecule has 0 N–H and O–H groups in total. The second-order valence-electron chi connectivity index (χ2n) is 0.972. The van der Waals surface area contributed by atoms with Crippen molar-refractivity contribution in [3.63, 3.8) is 0 Å². The van der Waals surface area contributed by atoms with E-state index in [9.17, 15) is 0 Å². The fraction of sp³-hybridized carbons (Fsp3) is 0.400. The quantitative estimate of drug-likeness (QED) is 0.371. The van der Waals surface area contributed by atoms with E-state index >= 15 is 0 Å². The van der Waals surface area contributed by atoms with Crippen molar-refractivity contribution < 1.29 is 4.74 Å². The molecule has 0 saturated carbocycles. The number of hydrogen-bond donors (Lipinski definition) is 0. The molecule has 0 atom stereocenters. The molecular formula is C5H9NO. The van der Waals surface area contributed by atoms with Crippen molar-refractivity contribution in [2.24, 2.45) is 4.99 Å².